The fraction of sp³-hybridized carbons (Fsp3) is 0.188. The molecule has 2 N–H and O–H groups in total. The molecule has 2 aromatic carbocycles. The number of nitrogens with one attached hydrogen (secondary N) is 2. The number of rotatable bonds is 6. The second-order valence-electron chi connectivity index (χ2n) is 4.77. The molecule has 0 aliphatic rings. The summed E-state index contributed by atoms with van der Waals surface area (Å²) in [6, 6.07) is 13.2. The second kappa shape index (κ2) is 7.26. The highest BCUT2D eigenvalue weighted by Gasteiger charge is 2.14. The van der Waals surface area contributed by atoms with Crippen molar-refractivity contribution in [1.82, 2.24) is 10.0 Å². The van der Waals surface area contributed by atoms with Gasteiger partial charge in [0.15, 0.2) is 0 Å². The molecule has 2 aromatic rings. The predicted octanol–water partition coefficient (Wildman–Crippen LogP) is 1.53. The third-order valence-electron chi connectivity index (χ3n) is 3.26. The standard InChI is InChI=1S/C16H18N2O4S/c1-17-23(20,21)15-8-4-6-13(10-15)16(19)18-11-12-5-3-7-14(9-12)22-2/h3-10,17H,11H2,1-2H3,(H,18,19). The van der Waals surface area contributed by atoms with Crippen LogP contribution in [0.1, 0.15) is 15.9 Å². The molecule has 0 fully saturated rings. The van der Waals surface area contributed by atoms with Crippen LogP contribution in [0.5, 0.6) is 5.75 Å². The first-order valence-electron chi connectivity index (χ1n) is 6.91. The molecule has 7 heteroatoms. The van der Waals surface area contributed by atoms with E-state index in [0.717, 1.165) is 5.56 Å². The zero-order valence-electron chi connectivity index (χ0n) is 12.9. The van der Waals surface area contributed by atoms with E-state index >= 15 is 0 Å². The van der Waals surface area contributed by atoms with E-state index in [9.17, 15) is 13.2 Å². The number of sulfonamides is 1. The monoisotopic (exact) mass is 334 g/mol. The van der Waals surface area contributed by atoms with Crippen LogP contribution in [-0.2, 0) is 16.6 Å². The third-order valence-corrected chi connectivity index (χ3v) is 4.67. The quantitative estimate of drug-likeness (QED) is 0.839. The van der Waals surface area contributed by atoms with Crippen molar-refractivity contribution >= 4 is 15.9 Å². The molecular formula is C16H18N2O4S. The minimum Gasteiger partial charge on any atom is -0.497 e. The van der Waals surface area contributed by atoms with Crippen LogP contribution >= 0.6 is 0 Å². The molecule has 0 radical (unpaired) electrons. The summed E-state index contributed by atoms with van der Waals surface area (Å²) in [5, 5.41) is 2.75. The number of benzene rings is 2. The maximum atomic E-state index is 12.2. The highest BCUT2D eigenvalue weighted by molar-refractivity contribution is 7.89. The van der Waals surface area contributed by atoms with Crippen molar-refractivity contribution in [2.75, 3.05) is 14.2 Å². The van der Waals surface area contributed by atoms with Gasteiger partial charge in [-0.2, -0.15) is 0 Å². The van der Waals surface area contributed by atoms with Crippen LogP contribution in [0, 0.1) is 0 Å². The molecule has 0 heterocycles. The van der Waals surface area contributed by atoms with Gasteiger partial charge in [-0.15, -0.1) is 0 Å². The summed E-state index contributed by atoms with van der Waals surface area (Å²) in [6.45, 7) is 0.318. The molecule has 0 saturated heterocycles. The summed E-state index contributed by atoms with van der Waals surface area (Å²) in [5.74, 6) is 0.361. The van der Waals surface area contributed by atoms with E-state index in [2.05, 4.69) is 10.0 Å². The van der Waals surface area contributed by atoms with Gasteiger partial charge in [-0.25, -0.2) is 13.1 Å². The van der Waals surface area contributed by atoms with Gasteiger partial charge in [0.2, 0.25) is 10.0 Å². The molecule has 0 bridgehead atoms. The van der Waals surface area contributed by atoms with Gasteiger partial charge in [0, 0.05) is 12.1 Å². The van der Waals surface area contributed by atoms with E-state index in [0.29, 0.717) is 12.3 Å². The Morgan fingerprint density at radius 1 is 1.13 bits per heavy atom. The molecule has 0 atom stereocenters. The summed E-state index contributed by atoms with van der Waals surface area (Å²) in [7, 11) is -0.678. The second-order valence-corrected chi connectivity index (χ2v) is 6.66. The van der Waals surface area contributed by atoms with Crippen molar-refractivity contribution in [2.45, 2.75) is 11.4 Å². The largest absolute Gasteiger partial charge is 0.497 e. The number of hydrogen-bond donors (Lipinski definition) is 2. The van der Waals surface area contributed by atoms with Gasteiger partial charge < -0.3 is 10.1 Å². The first kappa shape index (κ1) is 17.0. The molecule has 0 spiro atoms. The Hall–Kier alpha value is -2.38. The lowest BCUT2D eigenvalue weighted by Gasteiger charge is -2.08. The zero-order valence-corrected chi connectivity index (χ0v) is 13.7. The van der Waals surface area contributed by atoms with Crippen molar-refractivity contribution in [3.63, 3.8) is 0 Å². The van der Waals surface area contributed by atoms with Gasteiger partial charge in [0.25, 0.3) is 5.91 Å². The van der Waals surface area contributed by atoms with Crippen LogP contribution in [0.15, 0.2) is 53.4 Å². The van der Waals surface area contributed by atoms with Crippen LogP contribution < -0.4 is 14.8 Å². The summed E-state index contributed by atoms with van der Waals surface area (Å²) < 4.78 is 30.9. The van der Waals surface area contributed by atoms with Gasteiger partial charge in [-0.05, 0) is 42.9 Å². The van der Waals surface area contributed by atoms with Gasteiger partial charge in [-0.3, -0.25) is 4.79 Å². The van der Waals surface area contributed by atoms with E-state index in [-0.39, 0.29) is 16.4 Å². The van der Waals surface area contributed by atoms with E-state index in [1.54, 1.807) is 13.2 Å². The molecule has 0 unspecified atom stereocenters. The zero-order chi connectivity index (χ0) is 16.9. The first-order valence-corrected chi connectivity index (χ1v) is 8.39. The van der Waals surface area contributed by atoms with Crippen molar-refractivity contribution in [1.29, 1.82) is 0 Å². The summed E-state index contributed by atoms with van der Waals surface area (Å²) in [5.41, 5.74) is 1.17. The topological polar surface area (TPSA) is 84.5 Å². The number of amides is 1. The summed E-state index contributed by atoms with van der Waals surface area (Å²) >= 11 is 0. The number of ether oxygens (including phenoxy) is 1. The Labute approximate surface area is 135 Å². The average Bonchev–Trinajstić information content (AvgIpc) is 2.60. The minimum absolute atomic E-state index is 0.0500. The van der Waals surface area contributed by atoms with Crippen LogP contribution in [0.25, 0.3) is 0 Å². The molecule has 0 saturated carbocycles. The van der Waals surface area contributed by atoms with Crippen molar-refractivity contribution in [2.24, 2.45) is 0 Å². The number of carbonyl (C=O) groups is 1. The third kappa shape index (κ3) is 4.30. The molecule has 2 rings (SSSR count). The fourth-order valence-electron chi connectivity index (χ4n) is 1.99. The van der Waals surface area contributed by atoms with Gasteiger partial charge in [0.1, 0.15) is 5.75 Å². The number of carbonyl (C=O) groups excluding carboxylic acids is 1. The summed E-state index contributed by atoms with van der Waals surface area (Å²) in [6.07, 6.45) is 0. The van der Waals surface area contributed by atoms with Crippen LogP contribution in [0.3, 0.4) is 0 Å². The lowest BCUT2D eigenvalue weighted by atomic mass is 10.2. The molecular weight excluding hydrogens is 316 g/mol. The Morgan fingerprint density at radius 3 is 2.57 bits per heavy atom. The van der Waals surface area contributed by atoms with Gasteiger partial charge >= 0.3 is 0 Å². The Morgan fingerprint density at radius 2 is 1.87 bits per heavy atom. The van der Waals surface area contributed by atoms with E-state index in [1.165, 1.54) is 25.2 Å². The molecule has 122 valence electrons. The van der Waals surface area contributed by atoms with Gasteiger partial charge in [-0.1, -0.05) is 18.2 Å². The van der Waals surface area contributed by atoms with Crippen LogP contribution in [0.4, 0.5) is 0 Å². The molecule has 0 aromatic heterocycles. The maximum absolute atomic E-state index is 12.2. The molecule has 0 aliphatic heterocycles. The van der Waals surface area contributed by atoms with Crippen molar-refractivity contribution in [3.8, 4) is 5.75 Å². The van der Waals surface area contributed by atoms with Crippen LogP contribution in [0.2, 0.25) is 0 Å². The smallest absolute Gasteiger partial charge is 0.251 e. The van der Waals surface area contributed by atoms with E-state index in [4.69, 9.17) is 4.74 Å². The Bertz CT molecular complexity index is 803. The molecule has 6 nitrogen and oxygen atoms in total. The number of hydrogen-bond acceptors (Lipinski definition) is 4. The first-order chi connectivity index (χ1) is 11.0. The Balaban J connectivity index is 2.10. The van der Waals surface area contributed by atoms with Gasteiger partial charge in [0.05, 0.1) is 12.0 Å². The van der Waals surface area contributed by atoms with Crippen molar-refractivity contribution in [3.05, 3.63) is 59.7 Å². The maximum Gasteiger partial charge on any atom is 0.251 e. The van der Waals surface area contributed by atoms with Crippen LogP contribution in [-0.4, -0.2) is 28.5 Å². The average molecular weight is 334 g/mol. The highest BCUT2D eigenvalue weighted by Crippen LogP contribution is 2.13. The van der Waals surface area contributed by atoms with E-state index < -0.39 is 10.0 Å². The molecule has 1 amide bonds. The lowest BCUT2D eigenvalue weighted by molar-refractivity contribution is 0.0950. The normalized spacial score (nSPS) is 11.0. The fourth-order valence-corrected chi connectivity index (χ4v) is 2.76. The lowest BCUT2D eigenvalue weighted by Crippen LogP contribution is -2.24. The van der Waals surface area contributed by atoms with Crippen molar-refractivity contribution < 1.29 is 17.9 Å². The minimum atomic E-state index is -3.58. The number of methoxy groups -OCH3 is 1. The Kier molecular flexibility index (Phi) is 5.36. The molecule has 23 heavy (non-hydrogen) atoms. The SMILES string of the molecule is CNS(=O)(=O)c1cccc(C(=O)NCc2cccc(OC)c2)c1. The molecule has 0 aliphatic carbocycles. The van der Waals surface area contributed by atoms with E-state index in [1.807, 2.05) is 24.3 Å². The highest BCUT2D eigenvalue weighted by atomic mass is 32.2. The predicted molar refractivity (Wildman–Crippen MR) is 86.9 cm³/mol. The summed E-state index contributed by atoms with van der Waals surface area (Å²) in [4.78, 5) is 12.2.